The van der Waals surface area contributed by atoms with Gasteiger partial charge in [0.2, 0.25) is 10.0 Å². The molecule has 0 bridgehead atoms. The van der Waals surface area contributed by atoms with Crippen molar-refractivity contribution in [1.29, 1.82) is 0 Å². The maximum absolute atomic E-state index is 12.7. The smallest absolute Gasteiger partial charge is 0.265 e. The number of nitrogens with one attached hydrogen (secondary N) is 1. The summed E-state index contributed by atoms with van der Waals surface area (Å²) in [5.41, 5.74) is 1.24. The molecule has 1 N–H and O–H groups in total. The standard InChI is InChI=1S/C17H24N4O4S2/c1-13-17(14(2)20(3)18-13)26(22,23)19-15-7-9-16(10-8-15)27(24,25)21-11-5-4-6-12-21/h7-10,19H,4-6,11-12H2,1-3H3. The van der Waals surface area contributed by atoms with Crippen molar-refractivity contribution in [3.05, 3.63) is 35.7 Å². The van der Waals surface area contributed by atoms with Crippen molar-refractivity contribution in [3.8, 4) is 0 Å². The lowest BCUT2D eigenvalue weighted by Gasteiger charge is -2.25. The van der Waals surface area contributed by atoms with E-state index in [1.54, 1.807) is 20.9 Å². The van der Waals surface area contributed by atoms with E-state index in [1.165, 1.54) is 33.3 Å². The molecule has 8 nitrogen and oxygen atoms in total. The Morgan fingerprint density at radius 1 is 0.963 bits per heavy atom. The second-order valence-electron chi connectivity index (χ2n) is 6.72. The maximum atomic E-state index is 12.7. The lowest BCUT2D eigenvalue weighted by molar-refractivity contribution is 0.346. The van der Waals surface area contributed by atoms with Crippen LogP contribution in [0.3, 0.4) is 0 Å². The summed E-state index contributed by atoms with van der Waals surface area (Å²) >= 11 is 0. The third-order valence-corrected chi connectivity index (χ3v) is 8.32. The Labute approximate surface area is 160 Å². The predicted molar refractivity (Wildman–Crippen MR) is 103 cm³/mol. The highest BCUT2D eigenvalue weighted by molar-refractivity contribution is 7.92. The number of hydrogen-bond acceptors (Lipinski definition) is 5. The summed E-state index contributed by atoms with van der Waals surface area (Å²) in [7, 11) is -5.68. The minimum atomic E-state index is -3.82. The fourth-order valence-corrected chi connectivity index (χ4v) is 6.31. The molecule has 0 saturated carbocycles. The average molecular weight is 413 g/mol. The van der Waals surface area contributed by atoms with Crippen LogP contribution in [0.5, 0.6) is 0 Å². The molecule has 0 unspecified atom stereocenters. The van der Waals surface area contributed by atoms with Gasteiger partial charge in [0, 0.05) is 25.8 Å². The average Bonchev–Trinajstić information content (AvgIpc) is 2.88. The van der Waals surface area contributed by atoms with E-state index in [2.05, 4.69) is 9.82 Å². The Morgan fingerprint density at radius 3 is 2.07 bits per heavy atom. The Balaban J connectivity index is 1.83. The van der Waals surface area contributed by atoms with Crippen LogP contribution in [0.4, 0.5) is 5.69 Å². The summed E-state index contributed by atoms with van der Waals surface area (Å²) in [6.45, 7) is 4.37. The molecule has 3 rings (SSSR count). The molecular weight excluding hydrogens is 388 g/mol. The minimum Gasteiger partial charge on any atom is -0.280 e. The zero-order valence-electron chi connectivity index (χ0n) is 15.6. The molecule has 1 aromatic heterocycles. The molecule has 2 heterocycles. The summed E-state index contributed by atoms with van der Waals surface area (Å²) < 4.78 is 56.2. The van der Waals surface area contributed by atoms with E-state index in [1.807, 2.05) is 0 Å². The Hall–Kier alpha value is -1.91. The van der Waals surface area contributed by atoms with Gasteiger partial charge in [-0.25, -0.2) is 16.8 Å². The summed E-state index contributed by atoms with van der Waals surface area (Å²) in [5, 5.41) is 4.13. The number of nitrogens with zero attached hydrogens (tertiary/aromatic N) is 3. The van der Waals surface area contributed by atoms with E-state index in [-0.39, 0.29) is 9.79 Å². The first-order valence-corrected chi connectivity index (χ1v) is 11.7. The molecule has 1 fully saturated rings. The van der Waals surface area contributed by atoms with Crippen LogP contribution in [0.2, 0.25) is 0 Å². The zero-order chi connectivity index (χ0) is 19.8. The second-order valence-corrected chi connectivity index (χ2v) is 10.3. The van der Waals surface area contributed by atoms with Crippen LogP contribution in [0.15, 0.2) is 34.1 Å². The molecule has 1 saturated heterocycles. The van der Waals surface area contributed by atoms with Crippen LogP contribution < -0.4 is 4.72 Å². The van der Waals surface area contributed by atoms with Crippen molar-refractivity contribution in [2.75, 3.05) is 17.8 Å². The van der Waals surface area contributed by atoms with Crippen molar-refractivity contribution in [2.45, 2.75) is 42.9 Å². The molecule has 1 aromatic carbocycles. The first kappa shape index (κ1) is 19.8. The first-order chi connectivity index (χ1) is 12.6. The monoisotopic (exact) mass is 412 g/mol. The largest absolute Gasteiger partial charge is 0.280 e. The van der Waals surface area contributed by atoms with E-state index >= 15 is 0 Å². The van der Waals surface area contributed by atoms with Gasteiger partial charge in [0.25, 0.3) is 10.0 Å². The molecule has 27 heavy (non-hydrogen) atoms. The summed E-state index contributed by atoms with van der Waals surface area (Å²) in [6.07, 6.45) is 2.77. The normalized spacial score (nSPS) is 16.4. The predicted octanol–water partition coefficient (Wildman–Crippen LogP) is 2.01. The molecule has 10 heteroatoms. The number of anilines is 1. The molecule has 0 aliphatic carbocycles. The zero-order valence-corrected chi connectivity index (χ0v) is 17.3. The number of benzene rings is 1. The number of sulfonamides is 2. The van der Waals surface area contributed by atoms with Gasteiger partial charge in [0.05, 0.1) is 16.3 Å². The molecule has 2 aromatic rings. The maximum Gasteiger partial charge on any atom is 0.265 e. The summed E-state index contributed by atoms with van der Waals surface area (Å²) in [6, 6.07) is 5.81. The third-order valence-electron chi connectivity index (χ3n) is 4.77. The lowest BCUT2D eigenvalue weighted by Crippen LogP contribution is -2.35. The highest BCUT2D eigenvalue weighted by Gasteiger charge is 2.27. The van der Waals surface area contributed by atoms with Gasteiger partial charge >= 0.3 is 0 Å². The van der Waals surface area contributed by atoms with Crippen LogP contribution >= 0.6 is 0 Å². The Kier molecular flexibility index (Phi) is 5.33. The first-order valence-electron chi connectivity index (χ1n) is 8.76. The van der Waals surface area contributed by atoms with Crippen molar-refractivity contribution < 1.29 is 16.8 Å². The number of aryl methyl sites for hydroxylation is 2. The number of rotatable bonds is 5. The third kappa shape index (κ3) is 3.87. The van der Waals surface area contributed by atoms with Crippen LogP contribution in [-0.4, -0.2) is 44.0 Å². The van der Waals surface area contributed by atoms with Gasteiger partial charge in [-0.05, 0) is 51.0 Å². The van der Waals surface area contributed by atoms with Gasteiger partial charge < -0.3 is 0 Å². The highest BCUT2D eigenvalue weighted by Crippen LogP contribution is 2.25. The van der Waals surface area contributed by atoms with Gasteiger partial charge in [-0.3, -0.25) is 9.40 Å². The van der Waals surface area contributed by atoms with Crippen LogP contribution in [0.1, 0.15) is 30.7 Å². The molecule has 0 amide bonds. The molecular formula is C17H24N4O4S2. The van der Waals surface area contributed by atoms with Gasteiger partial charge in [-0.2, -0.15) is 9.40 Å². The minimum absolute atomic E-state index is 0.134. The SMILES string of the molecule is Cc1nn(C)c(C)c1S(=O)(=O)Nc1ccc(S(=O)(=O)N2CCCCC2)cc1. The quantitative estimate of drug-likeness (QED) is 0.809. The molecule has 148 valence electrons. The van der Waals surface area contributed by atoms with E-state index in [0.717, 1.165) is 19.3 Å². The number of piperidine rings is 1. The number of aromatic nitrogens is 2. The Bertz CT molecular complexity index is 1040. The van der Waals surface area contributed by atoms with Crippen molar-refractivity contribution in [1.82, 2.24) is 14.1 Å². The van der Waals surface area contributed by atoms with Crippen molar-refractivity contribution >= 4 is 25.7 Å². The second kappa shape index (κ2) is 7.25. The van der Waals surface area contributed by atoms with Crippen LogP contribution in [0.25, 0.3) is 0 Å². The van der Waals surface area contributed by atoms with E-state index in [0.29, 0.717) is 30.2 Å². The molecule has 0 spiro atoms. The molecule has 1 aliphatic heterocycles. The molecule has 0 atom stereocenters. The van der Waals surface area contributed by atoms with Crippen LogP contribution in [0, 0.1) is 13.8 Å². The molecule has 1 aliphatic rings. The highest BCUT2D eigenvalue weighted by atomic mass is 32.2. The van der Waals surface area contributed by atoms with E-state index in [9.17, 15) is 16.8 Å². The van der Waals surface area contributed by atoms with Crippen LogP contribution in [-0.2, 0) is 27.1 Å². The van der Waals surface area contributed by atoms with Crippen molar-refractivity contribution in [3.63, 3.8) is 0 Å². The van der Waals surface area contributed by atoms with Gasteiger partial charge in [0.1, 0.15) is 4.90 Å². The fourth-order valence-electron chi connectivity index (χ4n) is 3.30. The van der Waals surface area contributed by atoms with Gasteiger partial charge in [-0.15, -0.1) is 0 Å². The van der Waals surface area contributed by atoms with E-state index in [4.69, 9.17) is 0 Å². The number of hydrogen-bond donors (Lipinski definition) is 1. The van der Waals surface area contributed by atoms with Gasteiger partial charge in [0.15, 0.2) is 0 Å². The Morgan fingerprint density at radius 2 is 1.56 bits per heavy atom. The van der Waals surface area contributed by atoms with Gasteiger partial charge in [-0.1, -0.05) is 6.42 Å². The fraction of sp³-hybridized carbons (Fsp3) is 0.471. The van der Waals surface area contributed by atoms with E-state index < -0.39 is 20.0 Å². The van der Waals surface area contributed by atoms with Crippen molar-refractivity contribution in [2.24, 2.45) is 7.05 Å². The topological polar surface area (TPSA) is 101 Å². The summed E-state index contributed by atoms with van der Waals surface area (Å²) in [5.74, 6) is 0. The summed E-state index contributed by atoms with van der Waals surface area (Å²) in [4.78, 5) is 0.302. The molecule has 0 radical (unpaired) electrons. The lowest BCUT2D eigenvalue weighted by atomic mass is 10.2.